The Morgan fingerprint density at radius 3 is 2.53 bits per heavy atom. The lowest BCUT2D eigenvalue weighted by Gasteiger charge is -2.10. The number of ether oxygens (including phenoxy) is 2. The van der Waals surface area contributed by atoms with Crippen molar-refractivity contribution in [2.75, 3.05) is 26.1 Å². The summed E-state index contributed by atoms with van der Waals surface area (Å²) in [6.07, 6.45) is 1.80. The van der Waals surface area contributed by atoms with Gasteiger partial charge < -0.3 is 14.8 Å². The summed E-state index contributed by atoms with van der Waals surface area (Å²) in [7, 11) is 3.26. The molecule has 0 fully saturated rings. The van der Waals surface area contributed by atoms with Crippen LogP contribution >= 0.6 is 0 Å². The van der Waals surface area contributed by atoms with Crippen LogP contribution < -0.4 is 14.8 Å². The van der Waals surface area contributed by atoms with Gasteiger partial charge in [-0.1, -0.05) is 0 Å². The van der Waals surface area contributed by atoms with Crippen molar-refractivity contribution < 1.29 is 9.47 Å². The summed E-state index contributed by atoms with van der Waals surface area (Å²) in [4.78, 5) is 4.39. The molecule has 0 aliphatic heterocycles. The Bertz CT molecular complexity index is 556. The standard InChI is InChI=1S/C15H18N2O2/c1-4-16-12-7-8-17-13(10-12)11-5-6-14(18-2)15(9-11)19-3/h5-10H,4H2,1-3H3,(H,16,17). The number of rotatable bonds is 5. The number of hydrogen-bond donors (Lipinski definition) is 1. The van der Waals surface area contributed by atoms with E-state index in [1.54, 1.807) is 20.4 Å². The van der Waals surface area contributed by atoms with E-state index in [0.29, 0.717) is 11.5 Å². The highest BCUT2D eigenvalue weighted by molar-refractivity contribution is 5.67. The summed E-state index contributed by atoms with van der Waals surface area (Å²) < 4.78 is 10.5. The van der Waals surface area contributed by atoms with Crippen LogP contribution in [0.25, 0.3) is 11.3 Å². The van der Waals surface area contributed by atoms with Gasteiger partial charge in [-0.15, -0.1) is 0 Å². The summed E-state index contributed by atoms with van der Waals surface area (Å²) in [5, 5.41) is 3.27. The van der Waals surface area contributed by atoms with Gasteiger partial charge in [0, 0.05) is 24.0 Å². The highest BCUT2D eigenvalue weighted by Crippen LogP contribution is 2.32. The second-order valence-corrected chi connectivity index (χ2v) is 4.03. The zero-order chi connectivity index (χ0) is 13.7. The lowest BCUT2D eigenvalue weighted by Crippen LogP contribution is -1.97. The van der Waals surface area contributed by atoms with E-state index in [9.17, 15) is 0 Å². The van der Waals surface area contributed by atoms with E-state index in [0.717, 1.165) is 23.5 Å². The van der Waals surface area contributed by atoms with Crippen LogP contribution in [0.1, 0.15) is 6.92 Å². The molecule has 2 rings (SSSR count). The van der Waals surface area contributed by atoms with Crippen molar-refractivity contribution in [3.63, 3.8) is 0 Å². The molecule has 4 nitrogen and oxygen atoms in total. The molecule has 0 unspecified atom stereocenters. The van der Waals surface area contributed by atoms with Gasteiger partial charge >= 0.3 is 0 Å². The Morgan fingerprint density at radius 2 is 1.84 bits per heavy atom. The van der Waals surface area contributed by atoms with E-state index in [4.69, 9.17) is 9.47 Å². The van der Waals surface area contributed by atoms with Gasteiger partial charge in [-0.3, -0.25) is 4.98 Å². The Kier molecular flexibility index (Phi) is 4.23. The molecule has 2 aromatic rings. The fourth-order valence-electron chi connectivity index (χ4n) is 1.90. The summed E-state index contributed by atoms with van der Waals surface area (Å²) >= 11 is 0. The maximum Gasteiger partial charge on any atom is 0.161 e. The number of aromatic nitrogens is 1. The molecule has 0 bridgehead atoms. The van der Waals surface area contributed by atoms with E-state index in [-0.39, 0.29) is 0 Å². The van der Waals surface area contributed by atoms with Crippen molar-refractivity contribution in [3.8, 4) is 22.8 Å². The van der Waals surface area contributed by atoms with E-state index in [1.165, 1.54) is 0 Å². The quantitative estimate of drug-likeness (QED) is 0.894. The van der Waals surface area contributed by atoms with Gasteiger partial charge in [0.05, 0.1) is 19.9 Å². The van der Waals surface area contributed by atoms with E-state index in [1.807, 2.05) is 30.3 Å². The highest BCUT2D eigenvalue weighted by Gasteiger charge is 2.07. The molecule has 0 radical (unpaired) electrons. The minimum absolute atomic E-state index is 0.704. The molecule has 0 amide bonds. The number of methoxy groups -OCH3 is 2. The van der Waals surface area contributed by atoms with Crippen molar-refractivity contribution in [3.05, 3.63) is 36.5 Å². The third-order valence-corrected chi connectivity index (χ3v) is 2.82. The average Bonchev–Trinajstić information content (AvgIpc) is 2.47. The first-order valence-corrected chi connectivity index (χ1v) is 6.20. The number of benzene rings is 1. The maximum absolute atomic E-state index is 5.31. The Morgan fingerprint density at radius 1 is 1.05 bits per heavy atom. The second-order valence-electron chi connectivity index (χ2n) is 4.03. The number of anilines is 1. The fourth-order valence-corrected chi connectivity index (χ4v) is 1.90. The van der Waals surface area contributed by atoms with Gasteiger partial charge in [-0.05, 0) is 37.3 Å². The highest BCUT2D eigenvalue weighted by atomic mass is 16.5. The van der Waals surface area contributed by atoms with Gasteiger partial charge in [0.2, 0.25) is 0 Å². The van der Waals surface area contributed by atoms with E-state index >= 15 is 0 Å². The molecule has 1 N–H and O–H groups in total. The van der Waals surface area contributed by atoms with Gasteiger partial charge in [-0.25, -0.2) is 0 Å². The van der Waals surface area contributed by atoms with Crippen LogP contribution in [0.2, 0.25) is 0 Å². The van der Waals surface area contributed by atoms with Crippen LogP contribution in [0.4, 0.5) is 5.69 Å². The zero-order valence-electron chi connectivity index (χ0n) is 11.4. The molecule has 1 aromatic heterocycles. The molecule has 19 heavy (non-hydrogen) atoms. The molecule has 0 aliphatic rings. The normalized spacial score (nSPS) is 10.1. The van der Waals surface area contributed by atoms with Gasteiger partial charge in [0.1, 0.15) is 0 Å². The fraction of sp³-hybridized carbons (Fsp3) is 0.267. The number of nitrogens with zero attached hydrogens (tertiary/aromatic N) is 1. The number of hydrogen-bond acceptors (Lipinski definition) is 4. The SMILES string of the molecule is CCNc1ccnc(-c2ccc(OC)c(OC)c2)c1. The van der Waals surface area contributed by atoms with Crippen molar-refractivity contribution >= 4 is 5.69 Å². The summed E-state index contributed by atoms with van der Waals surface area (Å²) in [5.41, 5.74) is 2.96. The molecule has 0 aliphatic carbocycles. The topological polar surface area (TPSA) is 43.4 Å². The van der Waals surface area contributed by atoms with E-state index in [2.05, 4.69) is 17.2 Å². The molecule has 1 heterocycles. The van der Waals surface area contributed by atoms with Crippen LogP contribution in [0.3, 0.4) is 0 Å². The predicted molar refractivity (Wildman–Crippen MR) is 76.9 cm³/mol. The van der Waals surface area contributed by atoms with Crippen LogP contribution in [0, 0.1) is 0 Å². The monoisotopic (exact) mass is 258 g/mol. The minimum atomic E-state index is 0.704. The van der Waals surface area contributed by atoms with Crippen LogP contribution in [-0.4, -0.2) is 25.7 Å². The molecular weight excluding hydrogens is 240 g/mol. The molecule has 100 valence electrons. The third kappa shape index (κ3) is 2.96. The van der Waals surface area contributed by atoms with Gasteiger partial charge in [0.15, 0.2) is 11.5 Å². The van der Waals surface area contributed by atoms with Crippen molar-refractivity contribution in [2.45, 2.75) is 6.92 Å². The van der Waals surface area contributed by atoms with Crippen LogP contribution in [0.15, 0.2) is 36.5 Å². The Labute approximate surface area is 113 Å². The molecule has 0 atom stereocenters. The molecule has 4 heteroatoms. The second kappa shape index (κ2) is 6.09. The number of pyridine rings is 1. The summed E-state index contributed by atoms with van der Waals surface area (Å²) in [6, 6.07) is 9.75. The summed E-state index contributed by atoms with van der Waals surface area (Å²) in [6.45, 7) is 2.95. The molecular formula is C15H18N2O2. The van der Waals surface area contributed by atoms with Crippen LogP contribution in [-0.2, 0) is 0 Å². The first-order chi connectivity index (χ1) is 9.28. The first-order valence-electron chi connectivity index (χ1n) is 6.20. The first kappa shape index (κ1) is 13.2. The smallest absolute Gasteiger partial charge is 0.161 e. The van der Waals surface area contributed by atoms with Crippen molar-refractivity contribution in [1.29, 1.82) is 0 Å². The third-order valence-electron chi connectivity index (χ3n) is 2.82. The van der Waals surface area contributed by atoms with E-state index < -0.39 is 0 Å². The number of nitrogens with one attached hydrogen (secondary N) is 1. The Balaban J connectivity index is 2.38. The van der Waals surface area contributed by atoms with Crippen molar-refractivity contribution in [1.82, 2.24) is 4.98 Å². The van der Waals surface area contributed by atoms with Crippen molar-refractivity contribution in [2.24, 2.45) is 0 Å². The lowest BCUT2D eigenvalue weighted by molar-refractivity contribution is 0.355. The molecule has 0 spiro atoms. The molecule has 1 aromatic carbocycles. The molecule has 0 saturated heterocycles. The Hall–Kier alpha value is -2.23. The predicted octanol–water partition coefficient (Wildman–Crippen LogP) is 3.20. The zero-order valence-corrected chi connectivity index (χ0v) is 11.4. The average molecular weight is 258 g/mol. The minimum Gasteiger partial charge on any atom is -0.493 e. The summed E-state index contributed by atoms with van der Waals surface area (Å²) in [5.74, 6) is 1.42. The molecule has 0 saturated carbocycles. The lowest BCUT2D eigenvalue weighted by atomic mass is 10.1. The van der Waals surface area contributed by atoms with Crippen LogP contribution in [0.5, 0.6) is 11.5 Å². The largest absolute Gasteiger partial charge is 0.493 e. The van der Waals surface area contributed by atoms with Gasteiger partial charge in [-0.2, -0.15) is 0 Å². The van der Waals surface area contributed by atoms with Gasteiger partial charge in [0.25, 0.3) is 0 Å². The maximum atomic E-state index is 5.31.